The molecular formula is C24H31N3O3. The summed E-state index contributed by atoms with van der Waals surface area (Å²) in [6.07, 6.45) is 9.61. The summed E-state index contributed by atoms with van der Waals surface area (Å²) in [6, 6.07) is 7.43. The molecule has 4 bridgehead atoms. The number of carbonyl (C=O) groups excluding carboxylic acids is 1. The molecule has 4 aliphatic rings. The zero-order valence-corrected chi connectivity index (χ0v) is 18.0. The molecule has 1 amide bonds. The van der Waals surface area contributed by atoms with E-state index in [0.717, 1.165) is 17.8 Å². The fourth-order valence-corrected chi connectivity index (χ4v) is 6.34. The Balaban J connectivity index is 1.45. The summed E-state index contributed by atoms with van der Waals surface area (Å²) in [4.78, 5) is 12.7. The standard InChI is InChI=1S/C24H31N3O3/c1-15(24-10-16-6-17(11-24)8-18(7-16)12-24)26-14-19(13-25)23(28)27-21-9-20(29-2)4-5-22(21)30-3/h4-5,9,14-18,26H,6-8,10-12H2,1-3H3,(H,27,28)/b19-14-. The van der Waals surface area contributed by atoms with Gasteiger partial charge in [-0.25, -0.2) is 0 Å². The smallest absolute Gasteiger partial charge is 0.267 e. The second kappa shape index (κ2) is 8.22. The van der Waals surface area contributed by atoms with Crippen LogP contribution < -0.4 is 20.1 Å². The van der Waals surface area contributed by atoms with Crippen LogP contribution in [0.4, 0.5) is 5.69 Å². The normalized spacial score (nSPS) is 30.3. The zero-order valence-electron chi connectivity index (χ0n) is 18.0. The Hall–Kier alpha value is -2.68. The van der Waals surface area contributed by atoms with E-state index in [1.54, 1.807) is 31.5 Å². The Morgan fingerprint density at radius 1 is 1.17 bits per heavy atom. The van der Waals surface area contributed by atoms with Gasteiger partial charge in [0.05, 0.1) is 19.9 Å². The van der Waals surface area contributed by atoms with E-state index in [1.165, 1.54) is 45.6 Å². The van der Waals surface area contributed by atoms with E-state index in [2.05, 4.69) is 17.6 Å². The van der Waals surface area contributed by atoms with E-state index in [0.29, 0.717) is 22.6 Å². The fraction of sp³-hybridized carbons (Fsp3) is 0.583. The van der Waals surface area contributed by atoms with Crippen molar-refractivity contribution in [1.82, 2.24) is 5.32 Å². The minimum Gasteiger partial charge on any atom is -0.497 e. The summed E-state index contributed by atoms with van der Waals surface area (Å²) in [5.41, 5.74) is 0.826. The maximum Gasteiger partial charge on any atom is 0.267 e. The van der Waals surface area contributed by atoms with Gasteiger partial charge in [0.25, 0.3) is 5.91 Å². The lowest BCUT2D eigenvalue weighted by atomic mass is 9.48. The van der Waals surface area contributed by atoms with Gasteiger partial charge < -0.3 is 20.1 Å². The first kappa shape index (κ1) is 20.6. The molecule has 2 N–H and O–H groups in total. The molecule has 0 aliphatic heterocycles. The predicted octanol–water partition coefficient (Wildman–Crippen LogP) is 4.24. The molecule has 4 aliphatic carbocycles. The summed E-state index contributed by atoms with van der Waals surface area (Å²) in [7, 11) is 3.09. The molecule has 0 spiro atoms. The minimum absolute atomic E-state index is 0.0523. The van der Waals surface area contributed by atoms with Crippen molar-refractivity contribution < 1.29 is 14.3 Å². The number of anilines is 1. The van der Waals surface area contributed by atoms with Crippen LogP contribution in [0.5, 0.6) is 11.5 Å². The summed E-state index contributed by atoms with van der Waals surface area (Å²) < 4.78 is 10.5. The second-order valence-electron chi connectivity index (χ2n) is 9.36. The maximum atomic E-state index is 12.7. The van der Waals surface area contributed by atoms with Crippen molar-refractivity contribution in [2.24, 2.45) is 23.2 Å². The van der Waals surface area contributed by atoms with Gasteiger partial charge in [-0.15, -0.1) is 0 Å². The lowest BCUT2D eigenvalue weighted by Crippen LogP contribution is -2.54. The van der Waals surface area contributed by atoms with Crippen LogP contribution in [0.2, 0.25) is 0 Å². The monoisotopic (exact) mass is 409 g/mol. The number of ether oxygens (including phenoxy) is 2. The molecule has 30 heavy (non-hydrogen) atoms. The third-order valence-corrected chi connectivity index (χ3v) is 7.50. The Morgan fingerprint density at radius 2 is 1.80 bits per heavy atom. The van der Waals surface area contributed by atoms with Crippen LogP contribution in [0, 0.1) is 34.5 Å². The van der Waals surface area contributed by atoms with Gasteiger partial charge in [0.15, 0.2) is 0 Å². The molecular weight excluding hydrogens is 378 g/mol. The van der Waals surface area contributed by atoms with Crippen LogP contribution in [0.15, 0.2) is 30.0 Å². The Bertz CT molecular complexity index is 851. The number of hydrogen-bond acceptors (Lipinski definition) is 5. The quantitative estimate of drug-likeness (QED) is 0.520. The molecule has 6 nitrogen and oxygen atoms in total. The van der Waals surface area contributed by atoms with Crippen molar-refractivity contribution in [3.05, 3.63) is 30.0 Å². The van der Waals surface area contributed by atoms with Crippen molar-refractivity contribution >= 4 is 11.6 Å². The van der Waals surface area contributed by atoms with E-state index in [4.69, 9.17) is 9.47 Å². The van der Waals surface area contributed by atoms with Gasteiger partial charge in [0.1, 0.15) is 23.1 Å². The Morgan fingerprint density at radius 3 is 2.33 bits per heavy atom. The van der Waals surface area contributed by atoms with E-state index in [9.17, 15) is 10.1 Å². The predicted molar refractivity (Wildman–Crippen MR) is 115 cm³/mol. The van der Waals surface area contributed by atoms with Crippen LogP contribution >= 0.6 is 0 Å². The third kappa shape index (κ3) is 3.86. The van der Waals surface area contributed by atoms with Gasteiger partial charge in [0.2, 0.25) is 0 Å². The average Bonchev–Trinajstić information content (AvgIpc) is 2.73. The highest BCUT2D eigenvalue weighted by atomic mass is 16.5. The lowest BCUT2D eigenvalue weighted by Gasteiger charge is -2.59. The molecule has 4 fully saturated rings. The topological polar surface area (TPSA) is 83.4 Å². The second-order valence-corrected chi connectivity index (χ2v) is 9.36. The number of nitriles is 1. The van der Waals surface area contributed by atoms with Gasteiger partial charge >= 0.3 is 0 Å². The molecule has 4 saturated carbocycles. The Kier molecular flexibility index (Phi) is 5.64. The molecule has 5 rings (SSSR count). The Labute approximate surface area is 178 Å². The van der Waals surface area contributed by atoms with Crippen molar-refractivity contribution in [2.45, 2.75) is 51.5 Å². The van der Waals surface area contributed by atoms with E-state index in [-0.39, 0.29) is 11.6 Å². The molecule has 1 aromatic carbocycles. The number of nitrogens with zero attached hydrogens (tertiary/aromatic N) is 1. The summed E-state index contributed by atoms with van der Waals surface area (Å²) in [6.45, 7) is 2.21. The lowest BCUT2D eigenvalue weighted by molar-refractivity contribution is -0.112. The summed E-state index contributed by atoms with van der Waals surface area (Å²) in [5.74, 6) is 3.24. The van der Waals surface area contributed by atoms with Crippen molar-refractivity contribution in [2.75, 3.05) is 19.5 Å². The van der Waals surface area contributed by atoms with Crippen molar-refractivity contribution in [1.29, 1.82) is 5.26 Å². The number of hydrogen-bond donors (Lipinski definition) is 2. The van der Waals surface area contributed by atoms with Crippen molar-refractivity contribution in [3.8, 4) is 17.6 Å². The number of rotatable bonds is 7. The SMILES string of the molecule is COc1ccc(OC)c(NC(=O)/C(C#N)=C\NC(C)C23CC4CC(CC(C4)C2)C3)c1. The maximum absolute atomic E-state index is 12.7. The van der Waals surface area contributed by atoms with Crippen LogP contribution in [0.3, 0.4) is 0 Å². The molecule has 0 saturated heterocycles. The largest absolute Gasteiger partial charge is 0.497 e. The van der Waals surface area contributed by atoms with Crippen LogP contribution in [0.25, 0.3) is 0 Å². The number of benzene rings is 1. The molecule has 1 unspecified atom stereocenters. The molecule has 0 aromatic heterocycles. The van der Waals surface area contributed by atoms with E-state index in [1.807, 2.05) is 6.07 Å². The molecule has 1 aromatic rings. The molecule has 160 valence electrons. The molecule has 0 heterocycles. The first-order valence-electron chi connectivity index (χ1n) is 10.9. The third-order valence-electron chi connectivity index (χ3n) is 7.50. The van der Waals surface area contributed by atoms with Gasteiger partial charge in [-0.2, -0.15) is 5.26 Å². The van der Waals surface area contributed by atoms with E-state index >= 15 is 0 Å². The first-order valence-corrected chi connectivity index (χ1v) is 10.9. The van der Waals surface area contributed by atoms with Gasteiger partial charge in [0, 0.05) is 18.3 Å². The van der Waals surface area contributed by atoms with Gasteiger partial charge in [-0.1, -0.05) is 0 Å². The summed E-state index contributed by atoms with van der Waals surface area (Å²) >= 11 is 0. The van der Waals surface area contributed by atoms with Gasteiger partial charge in [-0.05, 0) is 80.8 Å². The number of nitrogens with one attached hydrogen (secondary N) is 2. The number of carbonyl (C=O) groups is 1. The zero-order chi connectivity index (χ0) is 21.3. The first-order chi connectivity index (χ1) is 14.5. The van der Waals surface area contributed by atoms with Crippen LogP contribution in [-0.2, 0) is 4.79 Å². The highest BCUT2D eigenvalue weighted by molar-refractivity contribution is 6.07. The van der Waals surface area contributed by atoms with Crippen LogP contribution in [0.1, 0.15) is 45.4 Å². The average molecular weight is 410 g/mol. The minimum atomic E-state index is -0.464. The molecule has 0 radical (unpaired) electrons. The molecule has 6 heteroatoms. The van der Waals surface area contributed by atoms with E-state index < -0.39 is 5.91 Å². The van der Waals surface area contributed by atoms with Crippen molar-refractivity contribution in [3.63, 3.8) is 0 Å². The highest BCUT2D eigenvalue weighted by Gasteiger charge is 2.53. The highest BCUT2D eigenvalue weighted by Crippen LogP contribution is 2.61. The fourth-order valence-electron chi connectivity index (χ4n) is 6.34. The van der Waals surface area contributed by atoms with Gasteiger partial charge in [-0.3, -0.25) is 4.79 Å². The number of methoxy groups -OCH3 is 2. The van der Waals surface area contributed by atoms with Crippen LogP contribution in [-0.4, -0.2) is 26.2 Å². The summed E-state index contributed by atoms with van der Waals surface area (Å²) in [5, 5.41) is 15.8. The number of amides is 1. The molecule has 1 atom stereocenters.